The van der Waals surface area contributed by atoms with E-state index in [9.17, 15) is 0 Å². The van der Waals surface area contributed by atoms with Gasteiger partial charge in [-0.05, 0) is 59.5 Å². The van der Waals surface area contributed by atoms with Gasteiger partial charge in [-0.25, -0.2) is 5.26 Å². The summed E-state index contributed by atoms with van der Waals surface area (Å²) in [6, 6.07) is 10.7. The fourth-order valence-corrected chi connectivity index (χ4v) is 5.42. The van der Waals surface area contributed by atoms with Crippen LogP contribution in [0.5, 0.6) is 0 Å². The second-order valence-electron chi connectivity index (χ2n) is 7.76. The maximum absolute atomic E-state index is 8.66. The Hall–Kier alpha value is -0.795. The number of benzene rings is 1. The molecule has 123 valence electrons. The first-order valence-electron chi connectivity index (χ1n) is 8.90. The molecular weight excluding hydrogens is 296 g/mol. The minimum absolute atomic E-state index is 0.127. The lowest BCUT2D eigenvalue weighted by molar-refractivity contribution is -0.0983. The molecule has 3 fully saturated rings. The van der Waals surface area contributed by atoms with Gasteiger partial charge in [0.25, 0.3) is 7.28 Å². The standard InChI is InChI=1S/C11H17BN.C9H13P/c1-7-9-4-8(11(9,2)3)5-10(7)12-6-13;1-3-10(2)9-7-5-4-6-8-9/h7-10H,4-5H2,1-3H3;4-8H,3H2,1-2H3/t7-,8+,9-,10-;10-/m10/s1. The Labute approximate surface area is 144 Å². The van der Waals surface area contributed by atoms with E-state index in [4.69, 9.17) is 5.26 Å². The number of hydrogen-bond donors (Lipinski definition) is 0. The molecule has 2 bridgehead atoms. The summed E-state index contributed by atoms with van der Waals surface area (Å²) >= 11 is 0. The summed E-state index contributed by atoms with van der Waals surface area (Å²) in [6.45, 7) is 11.7. The minimum atomic E-state index is 0.127. The van der Waals surface area contributed by atoms with E-state index >= 15 is 0 Å². The van der Waals surface area contributed by atoms with Crippen LogP contribution in [-0.2, 0) is 0 Å². The summed E-state index contributed by atoms with van der Waals surface area (Å²) in [5.74, 6) is 5.24. The van der Waals surface area contributed by atoms with Gasteiger partial charge in [-0.15, -0.1) is 0 Å². The molecular formula is C20H30BNP. The fourth-order valence-electron chi connectivity index (χ4n) is 4.37. The third-order valence-corrected chi connectivity index (χ3v) is 8.50. The molecule has 0 unspecified atom stereocenters. The van der Waals surface area contributed by atoms with Crippen molar-refractivity contribution in [1.82, 2.24) is 0 Å². The molecule has 3 aliphatic rings. The Morgan fingerprint density at radius 3 is 2.39 bits per heavy atom. The number of nitriles is 1. The molecule has 23 heavy (non-hydrogen) atoms. The van der Waals surface area contributed by atoms with Crippen molar-refractivity contribution in [2.24, 2.45) is 23.2 Å². The molecule has 3 heteroatoms. The first-order valence-corrected chi connectivity index (χ1v) is 10.9. The zero-order chi connectivity index (χ0) is 17.0. The van der Waals surface area contributed by atoms with E-state index in [1.54, 1.807) is 0 Å². The maximum Gasteiger partial charge on any atom is 0.258 e. The minimum Gasteiger partial charge on any atom is -0.213 e. The Morgan fingerprint density at radius 1 is 1.26 bits per heavy atom. The number of nitrogens with zero attached hydrogens (tertiary/aromatic N) is 1. The van der Waals surface area contributed by atoms with Crippen LogP contribution in [-0.4, -0.2) is 20.1 Å². The molecule has 0 saturated heterocycles. The fraction of sp³-hybridized carbons (Fsp3) is 0.650. The van der Waals surface area contributed by atoms with Crippen molar-refractivity contribution in [3.63, 3.8) is 0 Å². The summed E-state index contributed by atoms with van der Waals surface area (Å²) in [5, 5.41) is 10.2. The second-order valence-corrected chi connectivity index (χ2v) is 10.3. The SMILES string of the molecule is CC[P@](C)c1ccccc1.C[C@H]1[C@H]([B]C#N)C[C@@H]2C[C@H]1C2(C)C. The van der Waals surface area contributed by atoms with Crippen LogP contribution in [0.3, 0.4) is 0 Å². The lowest BCUT2D eigenvalue weighted by atomic mass is 9.38. The second kappa shape index (κ2) is 7.85. The van der Waals surface area contributed by atoms with Gasteiger partial charge in [-0.2, -0.15) is 0 Å². The van der Waals surface area contributed by atoms with E-state index in [0.717, 1.165) is 17.8 Å². The predicted molar refractivity (Wildman–Crippen MR) is 104 cm³/mol. The van der Waals surface area contributed by atoms with Gasteiger partial charge in [-0.3, -0.25) is 0 Å². The van der Waals surface area contributed by atoms with Gasteiger partial charge >= 0.3 is 0 Å². The Kier molecular flexibility index (Phi) is 6.33. The molecule has 0 spiro atoms. The quantitative estimate of drug-likeness (QED) is 0.559. The summed E-state index contributed by atoms with van der Waals surface area (Å²) < 4.78 is 0. The highest BCUT2D eigenvalue weighted by Crippen LogP contribution is 2.64. The largest absolute Gasteiger partial charge is 0.258 e. The van der Waals surface area contributed by atoms with Crippen LogP contribution in [0.4, 0.5) is 0 Å². The highest BCUT2D eigenvalue weighted by atomic mass is 31.1. The molecule has 0 heterocycles. The molecule has 1 nitrogen and oxygen atoms in total. The van der Waals surface area contributed by atoms with Crippen LogP contribution < -0.4 is 5.30 Å². The van der Waals surface area contributed by atoms with Crippen molar-refractivity contribution in [3.05, 3.63) is 30.3 Å². The zero-order valence-corrected chi connectivity index (χ0v) is 16.2. The molecule has 5 atom stereocenters. The molecule has 3 aliphatic carbocycles. The number of hydrogen-bond acceptors (Lipinski definition) is 1. The lowest BCUT2D eigenvalue weighted by Crippen LogP contribution is -2.54. The first kappa shape index (κ1) is 18.5. The zero-order valence-electron chi connectivity index (χ0n) is 15.3. The van der Waals surface area contributed by atoms with Gasteiger partial charge in [0.2, 0.25) is 0 Å². The van der Waals surface area contributed by atoms with E-state index in [1.165, 1.54) is 24.3 Å². The molecule has 0 N–H and O–H groups in total. The van der Waals surface area contributed by atoms with Crippen molar-refractivity contribution >= 4 is 20.5 Å². The highest BCUT2D eigenvalue weighted by molar-refractivity contribution is 7.64. The van der Waals surface area contributed by atoms with Crippen LogP contribution in [0, 0.1) is 34.4 Å². The van der Waals surface area contributed by atoms with E-state index in [0.29, 0.717) is 11.2 Å². The summed E-state index contributed by atoms with van der Waals surface area (Å²) in [4.78, 5) is 0. The molecule has 0 aliphatic heterocycles. The van der Waals surface area contributed by atoms with Crippen LogP contribution >= 0.6 is 7.92 Å². The van der Waals surface area contributed by atoms with Gasteiger partial charge in [0, 0.05) is 0 Å². The van der Waals surface area contributed by atoms with Gasteiger partial charge in [-0.1, -0.05) is 72.4 Å². The van der Waals surface area contributed by atoms with Gasteiger partial charge in [0.05, 0.1) is 0 Å². The summed E-state index contributed by atoms with van der Waals surface area (Å²) in [7, 11) is 1.99. The number of fused-ring (bicyclic) bond motifs is 2. The van der Waals surface area contributed by atoms with Crippen LogP contribution in [0.25, 0.3) is 0 Å². The Bertz CT molecular complexity index is 536. The number of rotatable bonds is 3. The van der Waals surface area contributed by atoms with Crippen molar-refractivity contribution in [2.45, 2.75) is 46.4 Å². The third-order valence-electron chi connectivity index (χ3n) is 6.37. The van der Waals surface area contributed by atoms with Crippen LogP contribution in [0.2, 0.25) is 5.82 Å². The summed E-state index contributed by atoms with van der Waals surface area (Å²) in [6.07, 6.45) is 3.95. The van der Waals surface area contributed by atoms with Crippen molar-refractivity contribution < 1.29 is 0 Å². The smallest absolute Gasteiger partial charge is 0.213 e. The lowest BCUT2D eigenvalue weighted by Gasteiger charge is -2.62. The molecule has 3 saturated carbocycles. The van der Waals surface area contributed by atoms with Crippen LogP contribution in [0.15, 0.2) is 30.3 Å². The predicted octanol–water partition coefficient (Wildman–Crippen LogP) is 5.11. The highest BCUT2D eigenvalue weighted by Gasteiger charge is 2.55. The molecule has 0 amide bonds. The molecule has 4 rings (SSSR count). The van der Waals surface area contributed by atoms with Crippen molar-refractivity contribution in [3.8, 4) is 5.97 Å². The van der Waals surface area contributed by atoms with Gasteiger partial charge in [0.15, 0.2) is 0 Å². The van der Waals surface area contributed by atoms with Gasteiger partial charge < -0.3 is 0 Å². The van der Waals surface area contributed by atoms with E-state index < -0.39 is 0 Å². The average molecular weight is 326 g/mol. The van der Waals surface area contributed by atoms with E-state index in [-0.39, 0.29) is 7.92 Å². The van der Waals surface area contributed by atoms with Crippen molar-refractivity contribution in [2.75, 3.05) is 12.8 Å². The van der Waals surface area contributed by atoms with E-state index in [1.807, 2.05) is 7.28 Å². The molecule has 1 aromatic rings. The topological polar surface area (TPSA) is 23.8 Å². The third kappa shape index (κ3) is 4.00. The van der Waals surface area contributed by atoms with Gasteiger partial charge in [0.1, 0.15) is 0 Å². The molecule has 1 aromatic carbocycles. The monoisotopic (exact) mass is 326 g/mol. The normalized spacial score (nSPS) is 31.7. The Morgan fingerprint density at radius 2 is 1.91 bits per heavy atom. The van der Waals surface area contributed by atoms with Crippen LogP contribution in [0.1, 0.15) is 40.5 Å². The van der Waals surface area contributed by atoms with Crippen molar-refractivity contribution in [1.29, 1.82) is 5.26 Å². The summed E-state index contributed by atoms with van der Waals surface area (Å²) in [5.41, 5.74) is 0.555. The Balaban J connectivity index is 0.000000174. The molecule has 1 radical (unpaired) electrons. The molecule has 0 aromatic heterocycles. The average Bonchev–Trinajstić information content (AvgIpc) is 2.57. The van der Waals surface area contributed by atoms with E-state index in [2.05, 4.69) is 70.7 Å². The maximum atomic E-state index is 8.66. The first-order chi connectivity index (χ1) is 10.9.